The minimum Gasteiger partial charge on any atom is -0.368 e. The molecule has 0 spiro atoms. The van der Waals surface area contributed by atoms with Crippen LogP contribution in [0.4, 0.5) is 11.8 Å². The first-order chi connectivity index (χ1) is 9.33. The van der Waals surface area contributed by atoms with E-state index in [1.807, 2.05) is 11.4 Å². The summed E-state index contributed by atoms with van der Waals surface area (Å²) in [5.74, 6) is 1.20. The molecule has 0 aromatic carbocycles. The van der Waals surface area contributed by atoms with Gasteiger partial charge in [-0.3, -0.25) is 0 Å². The van der Waals surface area contributed by atoms with Gasteiger partial charge in [0.05, 0.1) is 5.39 Å². The molecule has 5 nitrogen and oxygen atoms in total. The number of nitrogens with two attached hydrogens (primary N) is 1. The molecule has 2 aromatic rings. The SMILES string of the molecule is Nc1nc(NCCN2CCCCC2)c2ccsc2n1. The number of nitrogens with one attached hydrogen (secondary N) is 1. The lowest BCUT2D eigenvalue weighted by molar-refractivity contribution is 0.237. The Bertz CT molecular complexity index is 547. The maximum Gasteiger partial charge on any atom is 0.223 e. The molecule has 3 rings (SSSR count). The van der Waals surface area contributed by atoms with Crippen LogP contribution in [-0.2, 0) is 0 Å². The van der Waals surface area contributed by atoms with Crippen molar-refractivity contribution in [2.75, 3.05) is 37.2 Å². The van der Waals surface area contributed by atoms with Gasteiger partial charge >= 0.3 is 0 Å². The van der Waals surface area contributed by atoms with Gasteiger partial charge in [0, 0.05) is 13.1 Å². The molecule has 2 aromatic heterocycles. The molecule has 0 bridgehead atoms. The van der Waals surface area contributed by atoms with Crippen molar-refractivity contribution in [3.63, 3.8) is 0 Å². The van der Waals surface area contributed by atoms with E-state index in [1.54, 1.807) is 11.3 Å². The maximum absolute atomic E-state index is 5.73. The molecule has 1 fully saturated rings. The van der Waals surface area contributed by atoms with Crippen LogP contribution in [0.3, 0.4) is 0 Å². The van der Waals surface area contributed by atoms with E-state index in [1.165, 1.54) is 32.4 Å². The minimum atomic E-state index is 0.343. The molecule has 1 aliphatic rings. The van der Waals surface area contributed by atoms with Gasteiger partial charge in [0.2, 0.25) is 5.95 Å². The highest BCUT2D eigenvalue weighted by Crippen LogP contribution is 2.25. The fourth-order valence-electron chi connectivity index (χ4n) is 2.52. The summed E-state index contributed by atoms with van der Waals surface area (Å²) in [6.45, 7) is 4.42. The quantitative estimate of drug-likeness (QED) is 0.896. The highest BCUT2D eigenvalue weighted by Gasteiger charge is 2.10. The van der Waals surface area contributed by atoms with Crippen LogP contribution < -0.4 is 11.1 Å². The van der Waals surface area contributed by atoms with Gasteiger partial charge < -0.3 is 16.0 Å². The van der Waals surface area contributed by atoms with Crippen LogP contribution in [0.2, 0.25) is 0 Å². The average Bonchev–Trinajstić information content (AvgIpc) is 2.88. The summed E-state index contributed by atoms with van der Waals surface area (Å²) in [6, 6.07) is 2.04. The highest BCUT2D eigenvalue weighted by molar-refractivity contribution is 7.16. The topological polar surface area (TPSA) is 67.1 Å². The van der Waals surface area contributed by atoms with Crippen molar-refractivity contribution in [2.45, 2.75) is 19.3 Å². The maximum atomic E-state index is 5.73. The zero-order valence-corrected chi connectivity index (χ0v) is 11.7. The van der Waals surface area contributed by atoms with Gasteiger partial charge in [0.1, 0.15) is 10.6 Å². The normalized spacial score (nSPS) is 16.8. The summed E-state index contributed by atoms with van der Waals surface area (Å²) < 4.78 is 0. The number of anilines is 2. The van der Waals surface area contributed by atoms with Gasteiger partial charge in [0.15, 0.2) is 0 Å². The Kier molecular flexibility index (Phi) is 3.79. The van der Waals surface area contributed by atoms with Crippen LogP contribution >= 0.6 is 11.3 Å². The van der Waals surface area contributed by atoms with Crippen molar-refractivity contribution >= 4 is 33.3 Å². The molecule has 0 atom stereocenters. The Morgan fingerprint density at radius 2 is 2.11 bits per heavy atom. The van der Waals surface area contributed by atoms with Crippen molar-refractivity contribution in [3.8, 4) is 0 Å². The molecule has 3 N–H and O–H groups in total. The van der Waals surface area contributed by atoms with E-state index in [0.717, 1.165) is 29.1 Å². The van der Waals surface area contributed by atoms with Crippen LogP contribution in [0.5, 0.6) is 0 Å². The number of hydrogen-bond acceptors (Lipinski definition) is 6. The fourth-order valence-corrected chi connectivity index (χ4v) is 3.29. The summed E-state index contributed by atoms with van der Waals surface area (Å²) >= 11 is 1.60. The largest absolute Gasteiger partial charge is 0.368 e. The number of nitrogens with zero attached hydrogens (tertiary/aromatic N) is 3. The van der Waals surface area contributed by atoms with E-state index in [4.69, 9.17) is 5.73 Å². The standard InChI is InChI=1S/C13H19N5S/c14-13-16-11(10-4-9-19-12(10)17-13)15-5-8-18-6-2-1-3-7-18/h4,9H,1-3,5-8H2,(H3,14,15,16,17). The van der Waals surface area contributed by atoms with Crippen LogP contribution in [0.1, 0.15) is 19.3 Å². The first-order valence-electron chi connectivity index (χ1n) is 6.80. The van der Waals surface area contributed by atoms with Crippen molar-refractivity contribution in [2.24, 2.45) is 0 Å². The number of aromatic nitrogens is 2. The van der Waals surface area contributed by atoms with Gasteiger partial charge in [0.25, 0.3) is 0 Å². The Morgan fingerprint density at radius 1 is 1.26 bits per heavy atom. The van der Waals surface area contributed by atoms with Gasteiger partial charge in [-0.15, -0.1) is 11.3 Å². The van der Waals surface area contributed by atoms with E-state index in [2.05, 4.69) is 20.2 Å². The van der Waals surface area contributed by atoms with E-state index in [0.29, 0.717) is 5.95 Å². The molecule has 1 aliphatic heterocycles. The second-order valence-electron chi connectivity index (χ2n) is 4.90. The first kappa shape index (κ1) is 12.6. The Balaban J connectivity index is 1.63. The molecule has 19 heavy (non-hydrogen) atoms. The molecule has 0 saturated carbocycles. The van der Waals surface area contributed by atoms with E-state index >= 15 is 0 Å². The van der Waals surface area contributed by atoms with Crippen LogP contribution in [-0.4, -0.2) is 41.0 Å². The molecular formula is C13H19N5S. The number of fused-ring (bicyclic) bond motifs is 1. The third kappa shape index (κ3) is 2.96. The smallest absolute Gasteiger partial charge is 0.223 e. The Labute approximate surface area is 116 Å². The number of nitrogen functional groups attached to an aromatic ring is 1. The summed E-state index contributed by atoms with van der Waals surface area (Å²) in [6.07, 6.45) is 4.03. The van der Waals surface area contributed by atoms with Crippen molar-refractivity contribution in [1.29, 1.82) is 0 Å². The summed E-state index contributed by atoms with van der Waals surface area (Å²) in [5, 5.41) is 6.49. The molecule has 102 valence electrons. The second kappa shape index (κ2) is 5.71. The zero-order valence-electron chi connectivity index (χ0n) is 10.9. The minimum absolute atomic E-state index is 0.343. The van der Waals surface area contributed by atoms with Crippen LogP contribution in [0, 0.1) is 0 Å². The third-order valence-electron chi connectivity index (χ3n) is 3.51. The van der Waals surface area contributed by atoms with Crippen molar-refractivity contribution in [1.82, 2.24) is 14.9 Å². The number of likely N-dealkylation sites (tertiary alicyclic amines) is 1. The van der Waals surface area contributed by atoms with E-state index < -0.39 is 0 Å². The van der Waals surface area contributed by atoms with E-state index in [9.17, 15) is 0 Å². The van der Waals surface area contributed by atoms with Gasteiger partial charge in [-0.25, -0.2) is 4.98 Å². The summed E-state index contributed by atoms with van der Waals surface area (Å²) in [4.78, 5) is 12.0. The fraction of sp³-hybridized carbons (Fsp3) is 0.538. The Hall–Kier alpha value is -1.40. The number of hydrogen-bond donors (Lipinski definition) is 2. The summed E-state index contributed by atoms with van der Waals surface area (Å²) in [7, 11) is 0. The van der Waals surface area contributed by atoms with Gasteiger partial charge in [-0.05, 0) is 37.4 Å². The molecule has 1 saturated heterocycles. The van der Waals surface area contributed by atoms with Crippen molar-refractivity contribution < 1.29 is 0 Å². The highest BCUT2D eigenvalue weighted by atomic mass is 32.1. The second-order valence-corrected chi connectivity index (χ2v) is 5.79. The van der Waals surface area contributed by atoms with E-state index in [-0.39, 0.29) is 0 Å². The molecule has 6 heteroatoms. The molecular weight excluding hydrogens is 258 g/mol. The molecule has 0 radical (unpaired) electrons. The molecule has 0 amide bonds. The predicted molar refractivity (Wildman–Crippen MR) is 80.6 cm³/mol. The van der Waals surface area contributed by atoms with Crippen LogP contribution in [0.15, 0.2) is 11.4 Å². The number of rotatable bonds is 4. The lowest BCUT2D eigenvalue weighted by Crippen LogP contribution is -2.33. The molecule has 3 heterocycles. The lowest BCUT2D eigenvalue weighted by Gasteiger charge is -2.26. The lowest BCUT2D eigenvalue weighted by atomic mass is 10.1. The first-order valence-corrected chi connectivity index (χ1v) is 7.68. The monoisotopic (exact) mass is 277 g/mol. The number of thiophene rings is 1. The average molecular weight is 277 g/mol. The number of piperidine rings is 1. The molecule has 0 aliphatic carbocycles. The molecule has 0 unspecified atom stereocenters. The van der Waals surface area contributed by atoms with Crippen LogP contribution in [0.25, 0.3) is 10.2 Å². The Morgan fingerprint density at radius 3 is 2.95 bits per heavy atom. The van der Waals surface area contributed by atoms with Gasteiger partial charge in [-0.1, -0.05) is 6.42 Å². The van der Waals surface area contributed by atoms with Crippen molar-refractivity contribution in [3.05, 3.63) is 11.4 Å². The third-order valence-corrected chi connectivity index (χ3v) is 4.32. The predicted octanol–water partition coefficient (Wildman–Crippen LogP) is 2.17. The zero-order chi connectivity index (χ0) is 13.1. The summed E-state index contributed by atoms with van der Waals surface area (Å²) in [5.41, 5.74) is 5.73. The van der Waals surface area contributed by atoms with Gasteiger partial charge in [-0.2, -0.15) is 4.98 Å².